The summed E-state index contributed by atoms with van der Waals surface area (Å²) in [6, 6.07) is 4.76. The third-order valence-electron chi connectivity index (χ3n) is 7.50. The van der Waals surface area contributed by atoms with E-state index in [1.165, 1.54) is 17.0 Å². The van der Waals surface area contributed by atoms with E-state index in [1.807, 2.05) is 6.92 Å². The molecular weight excluding hydrogens is 461 g/mol. The van der Waals surface area contributed by atoms with Gasteiger partial charge in [-0.1, -0.05) is 39.5 Å². The van der Waals surface area contributed by atoms with E-state index < -0.39 is 23.6 Å². The van der Waals surface area contributed by atoms with Crippen LogP contribution in [0.3, 0.4) is 0 Å². The van der Waals surface area contributed by atoms with E-state index >= 15 is 0 Å². The summed E-state index contributed by atoms with van der Waals surface area (Å²) in [6.07, 6.45) is -4.19. The Morgan fingerprint density at radius 3 is 2.29 bits per heavy atom. The summed E-state index contributed by atoms with van der Waals surface area (Å²) in [4.78, 5) is 29.1. The van der Waals surface area contributed by atoms with Crippen molar-refractivity contribution in [1.82, 2.24) is 9.80 Å². The van der Waals surface area contributed by atoms with Gasteiger partial charge < -0.3 is 14.7 Å². The molecule has 3 atom stereocenters. The number of carbonyl (C=O) groups is 2. The Hall–Kier alpha value is -2.39. The fraction of sp³-hybridized carbons (Fsp3) is 0.615. The lowest BCUT2D eigenvalue weighted by Gasteiger charge is -2.41. The van der Waals surface area contributed by atoms with E-state index in [0.717, 1.165) is 31.8 Å². The Bertz CT molecular complexity index is 924. The van der Waals surface area contributed by atoms with Crippen molar-refractivity contribution < 1.29 is 32.6 Å². The van der Waals surface area contributed by atoms with Gasteiger partial charge in [0.15, 0.2) is 0 Å². The van der Waals surface area contributed by atoms with Crippen LogP contribution in [0.5, 0.6) is 0 Å². The van der Waals surface area contributed by atoms with Crippen LogP contribution in [0.4, 0.5) is 13.2 Å². The molecule has 9 heteroatoms. The highest BCUT2D eigenvalue weighted by Gasteiger charge is 2.39. The zero-order valence-electron chi connectivity index (χ0n) is 20.6. The number of ether oxygens (including phenoxy) is 1. The molecule has 1 aromatic rings. The zero-order valence-corrected chi connectivity index (χ0v) is 20.6. The first-order valence-electron chi connectivity index (χ1n) is 12.0. The topological polar surface area (TPSA) is 70.1 Å². The van der Waals surface area contributed by atoms with Crippen LogP contribution >= 0.6 is 0 Å². The zero-order chi connectivity index (χ0) is 26.0. The fourth-order valence-electron chi connectivity index (χ4n) is 4.96. The Morgan fingerprint density at radius 1 is 1.14 bits per heavy atom. The number of carboxylic acid groups (broad SMARTS) is 1. The maximum atomic E-state index is 13.5. The number of nitrogens with zero attached hydrogens (tertiary/aromatic N) is 2. The predicted octanol–water partition coefficient (Wildman–Crippen LogP) is 4.27. The van der Waals surface area contributed by atoms with Gasteiger partial charge in [0.1, 0.15) is 0 Å². The third-order valence-corrected chi connectivity index (χ3v) is 7.50. The van der Waals surface area contributed by atoms with Gasteiger partial charge >= 0.3 is 12.1 Å². The predicted molar refractivity (Wildman–Crippen MR) is 126 cm³/mol. The van der Waals surface area contributed by atoms with Gasteiger partial charge in [-0.3, -0.25) is 14.5 Å². The molecule has 35 heavy (non-hydrogen) atoms. The van der Waals surface area contributed by atoms with E-state index in [2.05, 4.69) is 25.3 Å². The van der Waals surface area contributed by atoms with Crippen LogP contribution in [0, 0.1) is 17.3 Å². The van der Waals surface area contributed by atoms with Crippen molar-refractivity contribution in [3.63, 3.8) is 0 Å². The molecule has 0 spiro atoms. The van der Waals surface area contributed by atoms with Crippen LogP contribution in [0.1, 0.15) is 44.2 Å². The Kier molecular flexibility index (Phi) is 8.32. The number of halogens is 3. The molecular formula is C26H35F3N2O4. The first-order chi connectivity index (χ1) is 16.3. The number of alkyl halides is 3. The van der Waals surface area contributed by atoms with Crippen molar-refractivity contribution in [2.24, 2.45) is 17.3 Å². The standard InChI is InChI=1S/C26H35F3N2O4/c1-17(18(2)25(3,4)16-30-9-11-35-12-10-30)23(32)31-14-20(13-21(15-31)24(33)34)19-5-7-22(8-6-19)26(27,28)29/h5-8,18,20-21H,1,9-16H2,2-4H3,(H,33,34). The van der Waals surface area contributed by atoms with Crippen LogP contribution in [-0.2, 0) is 20.5 Å². The molecule has 0 saturated carbocycles. The summed E-state index contributed by atoms with van der Waals surface area (Å²) >= 11 is 0. The van der Waals surface area contributed by atoms with E-state index in [4.69, 9.17) is 4.74 Å². The lowest BCUT2D eigenvalue weighted by molar-refractivity contribution is -0.145. The fourth-order valence-corrected chi connectivity index (χ4v) is 4.96. The van der Waals surface area contributed by atoms with Crippen molar-refractivity contribution in [3.05, 3.63) is 47.5 Å². The van der Waals surface area contributed by atoms with Crippen molar-refractivity contribution in [2.75, 3.05) is 45.9 Å². The molecule has 0 bridgehead atoms. The van der Waals surface area contributed by atoms with Crippen molar-refractivity contribution in [3.8, 4) is 0 Å². The summed E-state index contributed by atoms with van der Waals surface area (Å²) in [7, 11) is 0. The second-order valence-electron chi connectivity index (χ2n) is 10.4. The second-order valence-corrected chi connectivity index (χ2v) is 10.4. The molecule has 0 aromatic heterocycles. The smallest absolute Gasteiger partial charge is 0.416 e. The maximum absolute atomic E-state index is 13.5. The first-order valence-corrected chi connectivity index (χ1v) is 12.0. The van der Waals surface area contributed by atoms with Gasteiger partial charge in [-0.15, -0.1) is 0 Å². The second kappa shape index (κ2) is 10.7. The average Bonchev–Trinajstić information content (AvgIpc) is 2.82. The van der Waals surface area contributed by atoms with E-state index in [9.17, 15) is 27.9 Å². The molecule has 0 radical (unpaired) electrons. The number of morpholine rings is 1. The van der Waals surface area contributed by atoms with Gasteiger partial charge in [0, 0.05) is 44.2 Å². The van der Waals surface area contributed by atoms with Gasteiger partial charge in [-0.2, -0.15) is 13.2 Å². The summed E-state index contributed by atoms with van der Waals surface area (Å²) in [5.74, 6) is -2.65. The summed E-state index contributed by atoms with van der Waals surface area (Å²) in [5, 5.41) is 9.69. The van der Waals surface area contributed by atoms with Crippen LogP contribution < -0.4 is 0 Å². The Balaban J connectivity index is 1.74. The number of amides is 1. The van der Waals surface area contributed by atoms with Gasteiger partial charge in [0.05, 0.1) is 24.7 Å². The quantitative estimate of drug-likeness (QED) is 0.571. The molecule has 3 unspecified atom stereocenters. The van der Waals surface area contributed by atoms with Gasteiger partial charge in [0.2, 0.25) is 5.91 Å². The van der Waals surface area contributed by atoms with Crippen LogP contribution in [0.2, 0.25) is 0 Å². The highest BCUT2D eigenvalue weighted by Crippen LogP contribution is 2.37. The number of piperidine rings is 1. The molecule has 2 heterocycles. The van der Waals surface area contributed by atoms with Gasteiger partial charge in [0.25, 0.3) is 0 Å². The molecule has 0 aliphatic carbocycles. The lowest BCUT2D eigenvalue weighted by Crippen LogP contribution is -2.48. The highest BCUT2D eigenvalue weighted by atomic mass is 19.4. The number of aliphatic carboxylic acids is 1. The third kappa shape index (κ3) is 6.64. The minimum Gasteiger partial charge on any atom is -0.481 e. The number of benzene rings is 1. The summed E-state index contributed by atoms with van der Waals surface area (Å²) < 4.78 is 44.3. The largest absolute Gasteiger partial charge is 0.481 e. The molecule has 2 aliphatic rings. The monoisotopic (exact) mass is 496 g/mol. The van der Waals surface area contributed by atoms with E-state index in [1.54, 1.807) is 0 Å². The van der Waals surface area contributed by atoms with Gasteiger partial charge in [-0.25, -0.2) is 0 Å². The molecule has 2 fully saturated rings. The Morgan fingerprint density at radius 2 is 1.74 bits per heavy atom. The van der Waals surface area contributed by atoms with Crippen LogP contribution in [0.25, 0.3) is 0 Å². The van der Waals surface area contributed by atoms with Crippen LogP contribution in [0.15, 0.2) is 36.4 Å². The van der Waals surface area contributed by atoms with E-state index in [-0.39, 0.29) is 42.7 Å². The highest BCUT2D eigenvalue weighted by molar-refractivity contribution is 5.94. The minimum atomic E-state index is -4.45. The molecule has 1 aromatic carbocycles. The van der Waals surface area contributed by atoms with E-state index in [0.29, 0.717) is 24.4 Å². The minimum absolute atomic E-state index is 0.0565. The number of carbonyl (C=O) groups excluding carboxylic acids is 1. The molecule has 2 aliphatic heterocycles. The lowest BCUT2D eigenvalue weighted by atomic mass is 9.75. The molecule has 194 valence electrons. The molecule has 1 N–H and O–H groups in total. The van der Waals surface area contributed by atoms with Crippen molar-refractivity contribution in [2.45, 2.75) is 39.3 Å². The molecule has 2 saturated heterocycles. The van der Waals surface area contributed by atoms with Gasteiger partial charge in [-0.05, 0) is 35.4 Å². The number of hydrogen-bond acceptors (Lipinski definition) is 4. The average molecular weight is 497 g/mol. The number of carboxylic acids is 1. The molecule has 3 rings (SSSR count). The van der Waals surface area contributed by atoms with Crippen LogP contribution in [-0.4, -0.2) is 72.7 Å². The first kappa shape index (κ1) is 27.2. The normalized spacial score (nSPS) is 23.1. The molecule has 1 amide bonds. The number of likely N-dealkylation sites (tertiary alicyclic amines) is 1. The number of rotatable bonds is 7. The van der Waals surface area contributed by atoms with Crippen molar-refractivity contribution >= 4 is 11.9 Å². The Labute approximate surface area is 204 Å². The molecule has 6 nitrogen and oxygen atoms in total. The summed E-state index contributed by atoms with van der Waals surface area (Å²) in [6.45, 7) is 14.3. The summed E-state index contributed by atoms with van der Waals surface area (Å²) in [5.41, 5.74) is -0.00294. The SMILES string of the molecule is C=C(C(=O)N1CC(C(=O)O)CC(c2ccc(C(F)(F)F)cc2)C1)C(C)C(C)(C)CN1CCOCC1. The van der Waals surface area contributed by atoms with Crippen molar-refractivity contribution in [1.29, 1.82) is 0 Å². The maximum Gasteiger partial charge on any atom is 0.416 e. The number of hydrogen-bond donors (Lipinski definition) is 1.